The van der Waals surface area contributed by atoms with Crippen molar-refractivity contribution in [1.82, 2.24) is 4.98 Å². The minimum atomic E-state index is -0.907. The van der Waals surface area contributed by atoms with Gasteiger partial charge >= 0.3 is 0 Å². The molecule has 0 radical (unpaired) electrons. The summed E-state index contributed by atoms with van der Waals surface area (Å²) in [5, 5.41) is 22.4. The summed E-state index contributed by atoms with van der Waals surface area (Å²) in [7, 11) is 0. The monoisotopic (exact) mass is 491 g/mol. The summed E-state index contributed by atoms with van der Waals surface area (Å²) in [4.78, 5) is 35.3. The molecular formula is C27H29N3O4S. The van der Waals surface area contributed by atoms with E-state index in [-0.39, 0.29) is 17.0 Å². The van der Waals surface area contributed by atoms with Crippen LogP contribution >= 0.6 is 11.3 Å². The molecule has 1 aliphatic rings. The van der Waals surface area contributed by atoms with Crippen LogP contribution in [-0.4, -0.2) is 40.0 Å². The third-order valence-corrected chi connectivity index (χ3v) is 7.36. The zero-order chi connectivity index (χ0) is 25.4. The summed E-state index contributed by atoms with van der Waals surface area (Å²) in [6.45, 7) is 11.2. The average Bonchev–Trinajstić information content (AvgIpc) is 3.31. The van der Waals surface area contributed by atoms with E-state index in [9.17, 15) is 19.8 Å². The normalized spacial score (nSPS) is 15.7. The molecule has 3 aromatic rings. The molecule has 2 aromatic carbocycles. The number of hydrogen-bond acceptors (Lipinski definition) is 7. The van der Waals surface area contributed by atoms with Crippen LogP contribution in [0.1, 0.15) is 51.4 Å². The summed E-state index contributed by atoms with van der Waals surface area (Å²) < 4.78 is 0. The van der Waals surface area contributed by atoms with Gasteiger partial charge in [-0.2, -0.15) is 0 Å². The van der Waals surface area contributed by atoms with Crippen LogP contribution in [0.2, 0.25) is 0 Å². The van der Waals surface area contributed by atoms with Crippen molar-refractivity contribution in [3.05, 3.63) is 80.5 Å². The van der Waals surface area contributed by atoms with Crippen LogP contribution in [-0.2, 0) is 4.79 Å². The molecule has 0 saturated carbocycles. The highest BCUT2D eigenvalue weighted by Crippen LogP contribution is 2.45. The van der Waals surface area contributed by atoms with E-state index < -0.39 is 23.5 Å². The third kappa shape index (κ3) is 4.30. The van der Waals surface area contributed by atoms with Crippen molar-refractivity contribution in [3.8, 4) is 5.75 Å². The Morgan fingerprint density at radius 1 is 1.06 bits per heavy atom. The molecule has 1 aromatic heterocycles. The van der Waals surface area contributed by atoms with Crippen LogP contribution in [0.4, 0.5) is 11.4 Å². The first-order valence-electron chi connectivity index (χ1n) is 11.6. The number of thiazole rings is 1. The van der Waals surface area contributed by atoms with Gasteiger partial charge in [0, 0.05) is 18.8 Å². The summed E-state index contributed by atoms with van der Waals surface area (Å²) in [6, 6.07) is 11.6. The molecule has 2 N–H and O–H groups in total. The predicted molar refractivity (Wildman–Crippen MR) is 139 cm³/mol. The van der Waals surface area contributed by atoms with Gasteiger partial charge in [-0.15, -0.1) is 11.3 Å². The molecule has 0 aliphatic carbocycles. The van der Waals surface area contributed by atoms with Crippen molar-refractivity contribution in [2.24, 2.45) is 0 Å². The summed E-state index contributed by atoms with van der Waals surface area (Å²) in [6.07, 6.45) is 0. The molecule has 0 saturated heterocycles. The SMILES string of the molecule is CCN(CC)c1ccc(C2C(C(=O)c3sc(C)nc3C)=C(O)C(=O)N2c2cc(C)ccc2O)cc1. The molecule has 1 atom stereocenters. The molecule has 7 nitrogen and oxygen atoms in total. The summed E-state index contributed by atoms with van der Waals surface area (Å²) >= 11 is 1.23. The van der Waals surface area contributed by atoms with E-state index in [1.165, 1.54) is 22.3 Å². The minimum absolute atomic E-state index is 0.0155. The second kappa shape index (κ2) is 9.54. The fourth-order valence-electron chi connectivity index (χ4n) is 4.55. The number of aliphatic hydroxyl groups is 1. The molecular weight excluding hydrogens is 462 g/mol. The molecule has 0 bridgehead atoms. The van der Waals surface area contributed by atoms with E-state index in [1.54, 1.807) is 19.1 Å². The number of benzene rings is 2. The lowest BCUT2D eigenvalue weighted by atomic mass is 9.94. The minimum Gasteiger partial charge on any atom is -0.506 e. The van der Waals surface area contributed by atoms with E-state index in [4.69, 9.17) is 0 Å². The van der Waals surface area contributed by atoms with Crippen molar-refractivity contribution >= 4 is 34.4 Å². The summed E-state index contributed by atoms with van der Waals surface area (Å²) in [5.41, 5.74) is 3.27. The average molecular weight is 492 g/mol. The Labute approximate surface area is 209 Å². The predicted octanol–water partition coefficient (Wildman–Crippen LogP) is 5.40. The molecule has 182 valence electrons. The van der Waals surface area contributed by atoms with E-state index >= 15 is 0 Å². The fraction of sp³-hybridized carbons (Fsp3) is 0.296. The standard InChI is InChI=1S/C27H29N3O4S/c1-6-29(7-2)19-11-9-18(10-12-19)23-22(24(32)26-16(4)28-17(5)35-26)25(33)27(34)30(23)20-14-15(3)8-13-21(20)31/h8-14,23,31,33H,6-7H2,1-5H3. The number of rotatable bonds is 7. The topological polar surface area (TPSA) is 94.0 Å². The van der Waals surface area contributed by atoms with E-state index in [1.807, 2.05) is 38.1 Å². The lowest BCUT2D eigenvalue weighted by molar-refractivity contribution is -0.117. The number of carbonyl (C=O) groups excluding carboxylic acids is 2. The molecule has 1 unspecified atom stereocenters. The van der Waals surface area contributed by atoms with Crippen molar-refractivity contribution in [3.63, 3.8) is 0 Å². The molecule has 1 aliphatic heterocycles. The second-order valence-corrected chi connectivity index (χ2v) is 9.78. The number of hydrogen-bond donors (Lipinski definition) is 2. The number of aromatic hydroxyl groups is 1. The Balaban J connectivity index is 1.89. The van der Waals surface area contributed by atoms with Gasteiger partial charge in [0.25, 0.3) is 5.91 Å². The number of Topliss-reactive ketones (excluding diaryl/α,β-unsaturated/α-hetero) is 1. The maximum Gasteiger partial charge on any atom is 0.294 e. The first kappa shape index (κ1) is 24.5. The van der Waals surface area contributed by atoms with Crippen LogP contribution in [0, 0.1) is 20.8 Å². The number of anilines is 2. The Kier molecular flexibility index (Phi) is 6.67. The third-order valence-electron chi connectivity index (χ3n) is 6.29. The molecule has 2 heterocycles. The zero-order valence-electron chi connectivity index (χ0n) is 20.5. The van der Waals surface area contributed by atoms with E-state index in [0.717, 1.165) is 29.3 Å². The Hall–Kier alpha value is -3.65. The van der Waals surface area contributed by atoms with Crippen molar-refractivity contribution in [2.75, 3.05) is 22.9 Å². The van der Waals surface area contributed by atoms with Crippen LogP contribution < -0.4 is 9.80 Å². The Bertz CT molecular complexity index is 1320. The number of nitrogens with zero attached hydrogens (tertiary/aromatic N) is 3. The van der Waals surface area contributed by atoms with E-state index in [0.29, 0.717) is 16.1 Å². The molecule has 1 amide bonds. The van der Waals surface area contributed by atoms with Gasteiger partial charge in [-0.05, 0) is 70.0 Å². The van der Waals surface area contributed by atoms with Gasteiger partial charge in [0.2, 0.25) is 5.78 Å². The highest BCUT2D eigenvalue weighted by atomic mass is 32.1. The number of phenols is 1. The van der Waals surface area contributed by atoms with Crippen molar-refractivity contribution in [1.29, 1.82) is 0 Å². The highest BCUT2D eigenvalue weighted by molar-refractivity contribution is 7.14. The Morgan fingerprint density at radius 3 is 2.29 bits per heavy atom. The smallest absolute Gasteiger partial charge is 0.294 e. The molecule has 35 heavy (non-hydrogen) atoms. The number of ketones is 1. The van der Waals surface area contributed by atoms with Gasteiger partial charge in [-0.25, -0.2) is 4.98 Å². The fourth-order valence-corrected chi connectivity index (χ4v) is 5.42. The number of amides is 1. The maximum atomic E-state index is 13.7. The Morgan fingerprint density at radius 2 is 1.71 bits per heavy atom. The van der Waals surface area contributed by atoms with Gasteiger partial charge in [0.05, 0.1) is 32.9 Å². The summed E-state index contributed by atoms with van der Waals surface area (Å²) in [5.74, 6) is -1.89. The maximum absolute atomic E-state index is 13.7. The number of aliphatic hydroxyl groups excluding tert-OH is 1. The quantitative estimate of drug-likeness (QED) is 0.430. The van der Waals surface area contributed by atoms with Crippen LogP contribution in [0.3, 0.4) is 0 Å². The number of carbonyl (C=O) groups is 2. The van der Waals surface area contributed by atoms with Crippen molar-refractivity contribution in [2.45, 2.75) is 40.7 Å². The lowest BCUT2D eigenvalue weighted by Crippen LogP contribution is -2.31. The number of aryl methyl sites for hydroxylation is 3. The van der Waals surface area contributed by atoms with Gasteiger partial charge in [0.1, 0.15) is 5.75 Å². The van der Waals surface area contributed by atoms with E-state index in [2.05, 4.69) is 23.7 Å². The van der Waals surface area contributed by atoms with Gasteiger partial charge in [-0.3, -0.25) is 14.5 Å². The van der Waals surface area contributed by atoms with Crippen molar-refractivity contribution < 1.29 is 19.8 Å². The highest BCUT2D eigenvalue weighted by Gasteiger charge is 2.46. The van der Waals surface area contributed by atoms with Gasteiger partial charge in [-0.1, -0.05) is 18.2 Å². The molecule has 4 rings (SSSR count). The first-order chi connectivity index (χ1) is 16.7. The van der Waals surface area contributed by atoms with Crippen LogP contribution in [0.15, 0.2) is 53.8 Å². The zero-order valence-corrected chi connectivity index (χ0v) is 21.3. The molecule has 8 heteroatoms. The van der Waals surface area contributed by atoms with Gasteiger partial charge < -0.3 is 15.1 Å². The molecule has 0 spiro atoms. The van der Waals surface area contributed by atoms with Gasteiger partial charge in [0.15, 0.2) is 5.76 Å². The number of phenolic OH excluding ortho intramolecular Hbond substituents is 1. The first-order valence-corrected chi connectivity index (χ1v) is 12.4. The second-order valence-electron chi connectivity index (χ2n) is 8.57. The lowest BCUT2D eigenvalue weighted by Gasteiger charge is -2.28. The molecule has 0 fully saturated rings. The van der Waals surface area contributed by atoms with Crippen LogP contribution in [0.25, 0.3) is 0 Å². The number of aromatic nitrogens is 1. The largest absolute Gasteiger partial charge is 0.506 e. The van der Waals surface area contributed by atoms with Crippen LogP contribution in [0.5, 0.6) is 5.75 Å².